The predicted octanol–water partition coefficient (Wildman–Crippen LogP) is 1.97. The predicted molar refractivity (Wildman–Crippen MR) is 79.6 cm³/mol. The van der Waals surface area contributed by atoms with Crippen molar-refractivity contribution < 1.29 is 18.8 Å². The fraction of sp³-hybridized carbons (Fsp3) is 0.714. The van der Waals surface area contributed by atoms with Gasteiger partial charge in [-0.2, -0.15) is 9.78 Å². The highest BCUT2D eigenvalue weighted by Crippen LogP contribution is 2.36. The van der Waals surface area contributed by atoms with Crippen LogP contribution in [0.2, 0.25) is 0 Å². The lowest BCUT2D eigenvalue weighted by molar-refractivity contribution is 0.00578. The van der Waals surface area contributed by atoms with E-state index in [4.69, 9.17) is 14.0 Å². The molecule has 1 aromatic rings. The van der Waals surface area contributed by atoms with E-state index in [0.29, 0.717) is 12.1 Å². The Morgan fingerprint density at radius 3 is 2.52 bits per heavy atom. The number of hydrogen-bond acceptors (Lipinski definition) is 5. The zero-order valence-corrected chi connectivity index (χ0v) is 13.4. The first-order valence-electron chi connectivity index (χ1n) is 7.34. The molecule has 0 atom stereocenters. The number of unbranched alkanes of at least 4 members (excludes halogenated alkanes) is 1. The van der Waals surface area contributed by atoms with Crippen molar-refractivity contribution in [3.05, 3.63) is 12.4 Å². The molecule has 0 N–H and O–H groups in total. The monoisotopic (exact) mass is 294 g/mol. The normalized spacial score (nSPS) is 19.8. The van der Waals surface area contributed by atoms with E-state index in [1.807, 2.05) is 34.6 Å². The fourth-order valence-electron chi connectivity index (χ4n) is 1.91. The van der Waals surface area contributed by atoms with Crippen LogP contribution in [-0.4, -0.2) is 40.8 Å². The number of carbonyl (C=O) groups excluding carboxylic acids is 1. The van der Waals surface area contributed by atoms with E-state index in [0.717, 1.165) is 12.8 Å². The van der Waals surface area contributed by atoms with Crippen LogP contribution in [0.4, 0.5) is 4.79 Å². The Hall–Kier alpha value is -1.34. The van der Waals surface area contributed by atoms with E-state index >= 15 is 0 Å². The van der Waals surface area contributed by atoms with Crippen molar-refractivity contribution in [3.8, 4) is 0 Å². The van der Waals surface area contributed by atoms with Gasteiger partial charge in [-0.05, 0) is 34.1 Å². The summed E-state index contributed by atoms with van der Waals surface area (Å²) in [5.41, 5.74) is -0.121. The zero-order chi connectivity index (χ0) is 15.7. The Balaban J connectivity index is 2.03. The second-order valence-corrected chi connectivity index (χ2v) is 6.27. The van der Waals surface area contributed by atoms with Gasteiger partial charge in [0.2, 0.25) is 0 Å². The molecule has 1 saturated heterocycles. The average Bonchev–Trinajstić information content (AvgIpc) is 2.93. The topological polar surface area (TPSA) is 62.6 Å². The molecule has 6 nitrogen and oxygen atoms in total. The van der Waals surface area contributed by atoms with Crippen molar-refractivity contribution in [1.29, 1.82) is 0 Å². The quantitative estimate of drug-likeness (QED) is 0.627. The largest absolute Gasteiger partial charge is 0.498 e. The molecule has 0 aliphatic carbocycles. The molecule has 0 saturated carbocycles. The fourth-order valence-corrected chi connectivity index (χ4v) is 1.91. The molecule has 116 valence electrons. The Labute approximate surface area is 125 Å². The van der Waals surface area contributed by atoms with Crippen LogP contribution >= 0.6 is 0 Å². The summed E-state index contributed by atoms with van der Waals surface area (Å²) < 4.78 is 18.1. The number of aromatic nitrogens is 2. The van der Waals surface area contributed by atoms with Gasteiger partial charge in [-0.1, -0.05) is 13.3 Å². The number of nitrogens with zero attached hydrogens (tertiary/aromatic N) is 2. The molecule has 0 amide bonds. The van der Waals surface area contributed by atoms with Crippen LogP contribution in [0.5, 0.6) is 0 Å². The van der Waals surface area contributed by atoms with Gasteiger partial charge in [0.25, 0.3) is 0 Å². The maximum absolute atomic E-state index is 11.8. The van der Waals surface area contributed by atoms with Gasteiger partial charge >= 0.3 is 13.2 Å². The number of carbonyl (C=O) groups is 1. The van der Waals surface area contributed by atoms with E-state index in [1.165, 1.54) is 4.68 Å². The molecular weight excluding hydrogens is 271 g/mol. The van der Waals surface area contributed by atoms with Crippen molar-refractivity contribution in [2.45, 2.75) is 58.7 Å². The second kappa shape index (κ2) is 5.81. The van der Waals surface area contributed by atoms with Gasteiger partial charge < -0.3 is 14.0 Å². The molecule has 1 aromatic heterocycles. The Morgan fingerprint density at radius 2 is 1.95 bits per heavy atom. The van der Waals surface area contributed by atoms with Crippen LogP contribution in [0.3, 0.4) is 0 Å². The van der Waals surface area contributed by atoms with Gasteiger partial charge in [0.1, 0.15) is 0 Å². The summed E-state index contributed by atoms with van der Waals surface area (Å²) in [6.07, 6.45) is 4.51. The lowest BCUT2D eigenvalue weighted by Crippen LogP contribution is -2.41. The summed E-state index contributed by atoms with van der Waals surface area (Å²) in [6, 6.07) is 0. The molecule has 0 aromatic carbocycles. The van der Waals surface area contributed by atoms with Crippen molar-refractivity contribution in [2.24, 2.45) is 0 Å². The second-order valence-electron chi connectivity index (χ2n) is 6.27. The molecule has 21 heavy (non-hydrogen) atoms. The Kier molecular flexibility index (Phi) is 4.44. The molecule has 0 radical (unpaired) electrons. The van der Waals surface area contributed by atoms with E-state index in [2.05, 4.69) is 5.10 Å². The third-order valence-corrected chi connectivity index (χ3v) is 4.04. The first-order chi connectivity index (χ1) is 9.77. The van der Waals surface area contributed by atoms with Crippen LogP contribution < -0.4 is 5.46 Å². The summed E-state index contributed by atoms with van der Waals surface area (Å²) in [5.74, 6) is 0. The molecule has 0 unspecified atom stereocenters. The first kappa shape index (κ1) is 16.0. The summed E-state index contributed by atoms with van der Waals surface area (Å²) in [4.78, 5) is 11.8. The van der Waals surface area contributed by atoms with E-state index in [1.54, 1.807) is 12.4 Å². The molecule has 1 aliphatic rings. The lowest BCUT2D eigenvalue weighted by Gasteiger charge is -2.32. The van der Waals surface area contributed by atoms with Gasteiger partial charge in [0, 0.05) is 17.9 Å². The lowest BCUT2D eigenvalue weighted by atomic mass is 9.82. The van der Waals surface area contributed by atoms with Crippen molar-refractivity contribution in [2.75, 3.05) is 6.61 Å². The number of hydrogen-bond donors (Lipinski definition) is 0. The van der Waals surface area contributed by atoms with Crippen LogP contribution in [0, 0.1) is 0 Å². The van der Waals surface area contributed by atoms with Crippen molar-refractivity contribution in [3.63, 3.8) is 0 Å². The van der Waals surface area contributed by atoms with Gasteiger partial charge in [-0.15, -0.1) is 0 Å². The Bertz CT molecular complexity index is 497. The molecule has 1 fully saturated rings. The third-order valence-electron chi connectivity index (χ3n) is 4.04. The molecule has 0 spiro atoms. The highest BCUT2D eigenvalue weighted by Gasteiger charge is 2.52. The molecule has 2 heterocycles. The van der Waals surface area contributed by atoms with E-state index in [-0.39, 0.29) is 0 Å². The molecule has 2 rings (SSSR count). The van der Waals surface area contributed by atoms with Crippen LogP contribution in [0.15, 0.2) is 12.4 Å². The smallest absolute Gasteiger partial charge is 0.448 e. The third kappa shape index (κ3) is 3.29. The minimum Gasteiger partial charge on any atom is -0.448 e. The highest BCUT2D eigenvalue weighted by molar-refractivity contribution is 6.62. The van der Waals surface area contributed by atoms with E-state index < -0.39 is 24.4 Å². The number of rotatable bonds is 4. The zero-order valence-electron chi connectivity index (χ0n) is 13.4. The minimum absolute atomic E-state index is 0.404. The van der Waals surface area contributed by atoms with Crippen LogP contribution in [0.25, 0.3) is 0 Å². The summed E-state index contributed by atoms with van der Waals surface area (Å²) in [7, 11) is -0.521. The molecule has 7 heteroatoms. The maximum atomic E-state index is 11.8. The average molecular weight is 294 g/mol. The van der Waals surface area contributed by atoms with Gasteiger partial charge in [-0.25, -0.2) is 4.79 Å². The van der Waals surface area contributed by atoms with Crippen LogP contribution in [0.1, 0.15) is 47.5 Å². The maximum Gasteiger partial charge on any atom is 0.498 e. The van der Waals surface area contributed by atoms with Gasteiger partial charge in [0.15, 0.2) is 0 Å². The molecule has 1 aliphatic heterocycles. The van der Waals surface area contributed by atoms with Gasteiger partial charge in [0.05, 0.1) is 17.8 Å². The number of ether oxygens (including phenoxy) is 1. The highest BCUT2D eigenvalue weighted by atomic mass is 16.7. The summed E-state index contributed by atoms with van der Waals surface area (Å²) in [6.45, 7) is 10.4. The molecular formula is C14H23BN2O4. The van der Waals surface area contributed by atoms with Crippen molar-refractivity contribution >= 4 is 18.7 Å². The minimum atomic E-state index is -0.521. The first-order valence-corrected chi connectivity index (χ1v) is 7.34. The SMILES string of the molecule is CCCCOC(=O)n1cc(B2OC(C)(C)C(C)(C)O2)cn1. The van der Waals surface area contributed by atoms with E-state index in [9.17, 15) is 4.79 Å². The summed E-state index contributed by atoms with van der Waals surface area (Å²) >= 11 is 0. The summed E-state index contributed by atoms with van der Waals surface area (Å²) in [5, 5.41) is 4.02. The van der Waals surface area contributed by atoms with Crippen molar-refractivity contribution in [1.82, 2.24) is 9.78 Å². The standard InChI is InChI=1S/C14H23BN2O4/c1-6-7-8-19-12(18)17-10-11(9-16-17)15-20-13(2,3)14(4,5)21-15/h9-10H,6-8H2,1-5H3. The van der Waals surface area contributed by atoms with Gasteiger partial charge in [-0.3, -0.25) is 0 Å². The Morgan fingerprint density at radius 1 is 1.33 bits per heavy atom. The molecule has 0 bridgehead atoms. The van der Waals surface area contributed by atoms with Crippen LogP contribution in [-0.2, 0) is 14.0 Å².